The number of fused-ring (bicyclic) bond motifs is 1. The van der Waals surface area contributed by atoms with Crippen molar-refractivity contribution in [1.82, 2.24) is 14.5 Å². The number of benzene rings is 3. The number of nitrogens with zero attached hydrogens (tertiary/aromatic N) is 2. The summed E-state index contributed by atoms with van der Waals surface area (Å²) in [6.45, 7) is 4.61. The summed E-state index contributed by atoms with van der Waals surface area (Å²) in [6.07, 6.45) is 0.150. The van der Waals surface area contributed by atoms with Crippen LogP contribution >= 0.6 is 23.2 Å². The molecule has 3 aromatic carbocycles. The Bertz CT molecular complexity index is 1560. The molecule has 11 heteroatoms. The summed E-state index contributed by atoms with van der Waals surface area (Å²) >= 11 is 12.3. The van der Waals surface area contributed by atoms with E-state index in [2.05, 4.69) is 5.32 Å². The van der Waals surface area contributed by atoms with Crippen molar-refractivity contribution in [2.75, 3.05) is 6.54 Å². The van der Waals surface area contributed by atoms with Crippen LogP contribution in [-0.4, -0.2) is 53.5 Å². The van der Waals surface area contributed by atoms with Crippen molar-refractivity contribution in [2.45, 2.75) is 50.2 Å². The van der Waals surface area contributed by atoms with Gasteiger partial charge in [-0.2, -0.15) is 0 Å². The summed E-state index contributed by atoms with van der Waals surface area (Å²) in [6, 6.07) is 18.8. The molecule has 0 saturated carbocycles. The van der Waals surface area contributed by atoms with Crippen LogP contribution in [0.3, 0.4) is 0 Å². The lowest BCUT2D eigenvalue weighted by molar-refractivity contribution is -0.141. The van der Waals surface area contributed by atoms with Crippen LogP contribution in [0.15, 0.2) is 77.7 Å². The first-order valence-electron chi connectivity index (χ1n) is 12.5. The second kappa shape index (κ2) is 11.6. The number of carbonyl (C=O) groups excluding carboxylic acids is 3. The van der Waals surface area contributed by atoms with Gasteiger partial charge in [0.05, 0.1) is 15.6 Å². The molecule has 0 aromatic heterocycles. The molecule has 40 heavy (non-hydrogen) atoms. The average Bonchev–Trinajstić information content (AvgIpc) is 3.08. The number of carbonyl (C=O) groups is 3. The zero-order chi connectivity index (χ0) is 29.2. The van der Waals surface area contributed by atoms with Gasteiger partial charge in [0.25, 0.3) is 15.9 Å². The highest BCUT2D eigenvalue weighted by Gasteiger charge is 2.43. The van der Waals surface area contributed by atoms with Crippen LogP contribution in [-0.2, 0) is 32.6 Å². The molecule has 0 bridgehead atoms. The Morgan fingerprint density at radius 1 is 0.925 bits per heavy atom. The first-order valence-corrected chi connectivity index (χ1v) is 14.7. The van der Waals surface area contributed by atoms with E-state index in [0.29, 0.717) is 14.9 Å². The first kappa shape index (κ1) is 29.6. The quantitative estimate of drug-likeness (QED) is 0.403. The predicted molar refractivity (Wildman–Crippen MR) is 154 cm³/mol. The summed E-state index contributed by atoms with van der Waals surface area (Å²) in [5.74, 6) is -1.94. The van der Waals surface area contributed by atoms with Gasteiger partial charge in [-0.1, -0.05) is 71.7 Å². The summed E-state index contributed by atoms with van der Waals surface area (Å²) in [7, 11) is -4.25. The van der Waals surface area contributed by atoms with E-state index in [9.17, 15) is 22.8 Å². The first-order chi connectivity index (χ1) is 18.8. The van der Waals surface area contributed by atoms with E-state index >= 15 is 0 Å². The van der Waals surface area contributed by atoms with Gasteiger partial charge < -0.3 is 10.2 Å². The van der Waals surface area contributed by atoms with Crippen LogP contribution in [0.1, 0.15) is 42.3 Å². The normalized spacial score (nSPS) is 14.9. The van der Waals surface area contributed by atoms with Crippen molar-refractivity contribution in [3.8, 4) is 0 Å². The van der Waals surface area contributed by atoms with E-state index in [1.165, 1.54) is 23.1 Å². The van der Waals surface area contributed by atoms with Gasteiger partial charge in [-0.05, 0) is 56.2 Å². The Kier molecular flexibility index (Phi) is 8.58. The van der Waals surface area contributed by atoms with Gasteiger partial charge in [-0.25, -0.2) is 12.7 Å². The minimum atomic E-state index is -4.25. The van der Waals surface area contributed by atoms with Gasteiger partial charge in [0.1, 0.15) is 17.5 Å². The molecule has 4 rings (SSSR count). The van der Waals surface area contributed by atoms with E-state index in [0.717, 1.165) is 5.56 Å². The van der Waals surface area contributed by atoms with Gasteiger partial charge in [0, 0.05) is 18.5 Å². The molecule has 0 fully saturated rings. The molecule has 0 saturated heterocycles. The molecule has 3 amide bonds. The molecule has 0 spiro atoms. The number of rotatable bonds is 8. The molecule has 1 aliphatic heterocycles. The monoisotopic (exact) mass is 601 g/mol. The van der Waals surface area contributed by atoms with E-state index in [1.54, 1.807) is 24.3 Å². The molecular weight excluding hydrogens is 573 g/mol. The maximum Gasteiger partial charge on any atom is 0.269 e. The fraction of sp³-hybridized carbons (Fsp3) is 0.276. The highest BCUT2D eigenvalue weighted by Crippen LogP contribution is 2.30. The van der Waals surface area contributed by atoms with E-state index in [1.807, 2.05) is 51.1 Å². The van der Waals surface area contributed by atoms with Crippen molar-refractivity contribution in [3.63, 3.8) is 0 Å². The maximum atomic E-state index is 14.0. The molecule has 1 N–H and O–H groups in total. The topological polar surface area (TPSA) is 104 Å². The average molecular weight is 603 g/mol. The van der Waals surface area contributed by atoms with E-state index < -0.39 is 45.9 Å². The van der Waals surface area contributed by atoms with Crippen molar-refractivity contribution < 1.29 is 22.8 Å². The van der Waals surface area contributed by atoms with Crippen LogP contribution in [0, 0.1) is 0 Å². The number of halogens is 2. The van der Waals surface area contributed by atoms with E-state index in [-0.39, 0.29) is 28.4 Å². The number of sulfonamides is 1. The standard InChI is InChI=1S/C29H29Cl2N3O5S/c1-29(2,3)32-27(36)24(16-19-9-5-4-6-10-19)33(17-20-13-14-22(30)23(31)15-20)26(35)18-34-28(37)21-11-7-8-12-25(21)40(34,38)39/h4-15,24H,16-18H2,1-3H3,(H,32,36). The lowest BCUT2D eigenvalue weighted by Crippen LogP contribution is -2.56. The zero-order valence-electron chi connectivity index (χ0n) is 22.2. The van der Waals surface area contributed by atoms with Crippen LogP contribution in [0.25, 0.3) is 0 Å². The summed E-state index contributed by atoms with van der Waals surface area (Å²) in [5.41, 5.74) is 0.752. The predicted octanol–water partition coefficient (Wildman–Crippen LogP) is 4.69. The zero-order valence-corrected chi connectivity index (χ0v) is 24.6. The Morgan fingerprint density at radius 2 is 1.57 bits per heavy atom. The Hall–Kier alpha value is -3.40. The minimum Gasteiger partial charge on any atom is -0.350 e. The highest BCUT2D eigenvalue weighted by atomic mass is 35.5. The molecule has 1 atom stereocenters. The number of hydrogen-bond donors (Lipinski definition) is 1. The van der Waals surface area contributed by atoms with Crippen LogP contribution in [0.4, 0.5) is 0 Å². The molecule has 1 aliphatic rings. The largest absolute Gasteiger partial charge is 0.350 e. The van der Waals surface area contributed by atoms with E-state index in [4.69, 9.17) is 23.2 Å². The number of nitrogens with one attached hydrogen (secondary N) is 1. The van der Waals surface area contributed by atoms with Crippen molar-refractivity contribution in [3.05, 3.63) is 99.5 Å². The molecule has 0 radical (unpaired) electrons. The molecule has 210 valence electrons. The Labute approximate surface area is 243 Å². The van der Waals surface area contributed by atoms with Gasteiger partial charge in [-0.3, -0.25) is 14.4 Å². The van der Waals surface area contributed by atoms with Gasteiger partial charge in [0.15, 0.2) is 0 Å². The molecule has 1 heterocycles. The third-order valence-corrected chi connectivity index (χ3v) is 8.82. The molecular formula is C29H29Cl2N3O5S. The van der Waals surface area contributed by atoms with Crippen LogP contribution < -0.4 is 5.32 Å². The Balaban J connectivity index is 1.75. The van der Waals surface area contributed by atoms with Gasteiger partial charge in [0.2, 0.25) is 11.8 Å². The lowest BCUT2D eigenvalue weighted by atomic mass is 10.0. The lowest BCUT2D eigenvalue weighted by Gasteiger charge is -2.34. The minimum absolute atomic E-state index is 0.00218. The molecule has 0 aliphatic carbocycles. The third kappa shape index (κ3) is 6.49. The smallest absolute Gasteiger partial charge is 0.269 e. The fourth-order valence-electron chi connectivity index (χ4n) is 4.44. The maximum absolute atomic E-state index is 14.0. The highest BCUT2D eigenvalue weighted by molar-refractivity contribution is 7.90. The second-order valence-electron chi connectivity index (χ2n) is 10.5. The van der Waals surface area contributed by atoms with Crippen LogP contribution in [0.2, 0.25) is 10.0 Å². The summed E-state index contributed by atoms with van der Waals surface area (Å²) < 4.78 is 27.0. The molecule has 3 aromatic rings. The van der Waals surface area contributed by atoms with Gasteiger partial charge in [-0.15, -0.1) is 0 Å². The summed E-state index contributed by atoms with van der Waals surface area (Å²) in [5, 5.41) is 3.52. The number of amides is 3. The SMILES string of the molecule is CC(C)(C)NC(=O)C(Cc1ccccc1)N(Cc1ccc(Cl)c(Cl)c1)C(=O)CN1C(=O)c2ccccc2S1(=O)=O. The van der Waals surface area contributed by atoms with Crippen LogP contribution in [0.5, 0.6) is 0 Å². The van der Waals surface area contributed by atoms with Crippen molar-refractivity contribution in [2.24, 2.45) is 0 Å². The van der Waals surface area contributed by atoms with Crippen molar-refractivity contribution in [1.29, 1.82) is 0 Å². The van der Waals surface area contributed by atoms with Crippen molar-refractivity contribution >= 4 is 50.9 Å². The molecule has 1 unspecified atom stereocenters. The number of hydrogen-bond acceptors (Lipinski definition) is 5. The summed E-state index contributed by atoms with van der Waals surface area (Å²) in [4.78, 5) is 41.8. The second-order valence-corrected chi connectivity index (χ2v) is 13.2. The fourth-order valence-corrected chi connectivity index (χ4v) is 6.28. The third-order valence-electron chi connectivity index (χ3n) is 6.30. The van der Waals surface area contributed by atoms with Gasteiger partial charge >= 0.3 is 0 Å². The Morgan fingerprint density at radius 3 is 2.20 bits per heavy atom. The molecule has 8 nitrogen and oxygen atoms in total.